The summed E-state index contributed by atoms with van der Waals surface area (Å²) in [7, 11) is -4.48. The molecule has 4 nitrogen and oxygen atoms in total. The number of benzene rings is 1. The average molecular weight is 447 g/mol. The highest BCUT2D eigenvalue weighted by Gasteiger charge is 2.50. The van der Waals surface area contributed by atoms with E-state index in [2.05, 4.69) is 13.0 Å². The zero-order valence-electron chi connectivity index (χ0n) is 18.2. The minimum Gasteiger partial charge on any atom is -0.492 e. The molecule has 0 N–H and O–H groups in total. The SMILES string of the molecule is COc1c(C)c2c3c(c1OS(=O)(=O)C(F)(F)F)[C@@H](C)CC[C@@H]3[C@@H](C)C[C@@H]2C=C(C)C. The first-order chi connectivity index (χ1) is 13.8. The molecule has 0 saturated heterocycles. The zero-order chi connectivity index (χ0) is 22.6. The van der Waals surface area contributed by atoms with Crippen molar-refractivity contribution in [1.29, 1.82) is 0 Å². The van der Waals surface area contributed by atoms with Gasteiger partial charge in [0.2, 0.25) is 0 Å². The number of halogens is 3. The van der Waals surface area contributed by atoms with E-state index in [4.69, 9.17) is 8.92 Å². The maximum Gasteiger partial charge on any atom is 0.534 e. The molecule has 168 valence electrons. The van der Waals surface area contributed by atoms with E-state index in [1.807, 2.05) is 20.8 Å². The van der Waals surface area contributed by atoms with E-state index >= 15 is 0 Å². The molecule has 3 rings (SSSR count). The summed E-state index contributed by atoms with van der Waals surface area (Å²) in [5.74, 6) is 0.222. The minimum absolute atomic E-state index is 0.0748. The lowest BCUT2D eigenvalue weighted by Gasteiger charge is -2.43. The third-order valence-corrected chi connectivity index (χ3v) is 7.40. The lowest BCUT2D eigenvalue weighted by Crippen LogP contribution is -2.32. The molecule has 0 unspecified atom stereocenters. The van der Waals surface area contributed by atoms with E-state index in [1.54, 1.807) is 6.92 Å². The molecule has 2 aliphatic carbocycles. The van der Waals surface area contributed by atoms with Gasteiger partial charge in [0.05, 0.1) is 7.11 Å². The molecule has 0 amide bonds. The summed E-state index contributed by atoms with van der Waals surface area (Å²) >= 11 is 0. The van der Waals surface area contributed by atoms with E-state index in [0.29, 0.717) is 17.0 Å². The van der Waals surface area contributed by atoms with E-state index in [1.165, 1.54) is 7.11 Å². The largest absolute Gasteiger partial charge is 0.534 e. The Balaban J connectivity index is 2.37. The molecule has 0 fully saturated rings. The average Bonchev–Trinajstić information content (AvgIpc) is 2.59. The fourth-order valence-corrected chi connectivity index (χ4v) is 5.74. The molecule has 4 atom stereocenters. The molecule has 2 aliphatic rings. The third kappa shape index (κ3) is 3.72. The Morgan fingerprint density at radius 3 is 2.23 bits per heavy atom. The molecular formula is C22H29F3O4S. The molecule has 0 spiro atoms. The molecule has 8 heteroatoms. The van der Waals surface area contributed by atoms with Crippen molar-refractivity contribution >= 4 is 10.1 Å². The number of hydrogen-bond acceptors (Lipinski definition) is 4. The monoisotopic (exact) mass is 446 g/mol. The molecule has 0 heterocycles. The quantitative estimate of drug-likeness (QED) is 0.309. The second-order valence-electron chi connectivity index (χ2n) is 8.86. The Bertz CT molecular complexity index is 975. The predicted octanol–water partition coefficient (Wildman–Crippen LogP) is 6.30. The standard InChI is InChI=1S/C22H29F3O4S/c1-11(2)9-15-10-13(4)16-8-7-12(3)17-19(16)18(15)14(5)20(28-6)21(17)29-30(26,27)22(23,24)25/h9,12-13,15-16H,7-8,10H2,1-6H3/t12-,13-,15-,16+/m0/s1. The van der Waals surface area contributed by atoms with Crippen LogP contribution in [0.1, 0.15) is 87.0 Å². The van der Waals surface area contributed by atoms with Crippen molar-refractivity contribution < 1.29 is 30.5 Å². The Kier molecular flexibility index (Phi) is 5.95. The summed E-state index contributed by atoms with van der Waals surface area (Å²) in [6, 6.07) is 0. The summed E-state index contributed by atoms with van der Waals surface area (Å²) < 4.78 is 73.4. The Hall–Kier alpha value is -1.70. The van der Waals surface area contributed by atoms with Crippen LogP contribution in [0.4, 0.5) is 13.2 Å². The fourth-order valence-electron chi connectivity index (χ4n) is 5.26. The van der Waals surface area contributed by atoms with Crippen molar-refractivity contribution in [2.45, 2.75) is 77.1 Å². The molecule has 0 bridgehead atoms. The van der Waals surface area contributed by atoms with Crippen molar-refractivity contribution in [1.82, 2.24) is 0 Å². The van der Waals surface area contributed by atoms with Crippen LogP contribution in [0.2, 0.25) is 0 Å². The van der Waals surface area contributed by atoms with E-state index in [9.17, 15) is 21.6 Å². The van der Waals surface area contributed by atoms with Crippen LogP contribution < -0.4 is 8.92 Å². The van der Waals surface area contributed by atoms with Gasteiger partial charge in [-0.1, -0.05) is 25.5 Å². The lowest BCUT2D eigenvalue weighted by atomic mass is 9.62. The van der Waals surface area contributed by atoms with Crippen molar-refractivity contribution in [2.24, 2.45) is 5.92 Å². The summed E-state index contributed by atoms with van der Waals surface area (Å²) in [6.45, 7) is 9.88. The van der Waals surface area contributed by atoms with Gasteiger partial charge in [-0.25, -0.2) is 0 Å². The molecule has 0 radical (unpaired) electrons. The second kappa shape index (κ2) is 7.77. The number of methoxy groups -OCH3 is 1. The minimum atomic E-state index is -5.81. The van der Waals surface area contributed by atoms with Gasteiger partial charge in [0.1, 0.15) is 0 Å². The van der Waals surface area contributed by atoms with Gasteiger partial charge in [-0.3, -0.25) is 0 Å². The van der Waals surface area contributed by atoms with Gasteiger partial charge in [-0.2, -0.15) is 21.6 Å². The molecule has 0 aliphatic heterocycles. The van der Waals surface area contributed by atoms with E-state index < -0.39 is 15.6 Å². The van der Waals surface area contributed by atoms with E-state index in [0.717, 1.165) is 36.0 Å². The Morgan fingerprint density at radius 1 is 1.07 bits per heavy atom. The third-order valence-electron chi connectivity index (χ3n) is 6.45. The Labute approximate surface area is 176 Å². The van der Waals surface area contributed by atoms with Gasteiger partial charge < -0.3 is 8.92 Å². The van der Waals surface area contributed by atoms with Gasteiger partial charge >= 0.3 is 15.6 Å². The molecule has 1 aromatic carbocycles. The molecule has 0 aromatic heterocycles. The second-order valence-corrected chi connectivity index (χ2v) is 10.4. The molecule has 0 saturated carbocycles. The highest BCUT2D eigenvalue weighted by Crippen LogP contribution is 2.58. The van der Waals surface area contributed by atoms with Crippen LogP contribution in [-0.2, 0) is 10.1 Å². The topological polar surface area (TPSA) is 52.6 Å². The fraction of sp³-hybridized carbons (Fsp3) is 0.636. The van der Waals surface area contributed by atoms with Crippen molar-refractivity contribution in [2.75, 3.05) is 7.11 Å². The number of hydrogen-bond donors (Lipinski definition) is 0. The number of allylic oxidation sites excluding steroid dienone is 2. The highest BCUT2D eigenvalue weighted by atomic mass is 32.2. The highest BCUT2D eigenvalue weighted by molar-refractivity contribution is 7.88. The molecule has 30 heavy (non-hydrogen) atoms. The normalized spacial score (nSPS) is 26.0. The van der Waals surface area contributed by atoms with Gasteiger partial charge in [-0.15, -0.1) is 0 Å². The number of rotatable bonds is 4. The molecule has 1 aromatic rings. The van der Waals surface area contributed by atoms with Crippen LogP contribution in [0.15, 0.2) is 11.6 Å². The van der Waals surface area contributed by atoms with Gasteiger partial charge in [-0.05, 0) is 74.5 Å². The summed E-state index contributed by atoms with van der Waals surface area (Å²) in [5.41, 5.74) is -1.15. The van der Waals surface area contributed by atoms with Crippen LogP contribution >= 0.6 is 0 Å². The summed E-state index contributed by atoms with van der Waals surface area (Å²) in [4.78, 5) is 0. The smallest absolute Gasteiger partial charge is 0.492 e. The Morgan fingerprint density at radius 2 is 1.70 bits per heavy atom. The van der Waals surface area contributed by atoms with Crippen LogP contribution in [0.3, 0.4) is 0 Å². The first-order valence-electron chi connectivity index (χ1n) is 10.2. The maximum absolute atomic E-state index is 13.1. The van der Waals surface area contributed by atoms with Crippen LogP contribution in [0.25, 0.3) is 0 Å². The van der Waals surface area contributed by atoms with Gasteiger partial charge in [0, 0.05) is 11.5 Å². The molecular weight excluding hydrogens is 417 g/mol. The maximum atomic E-state index is 13.1. The van der Waals surface area contributed by atoms with Gasteiger partial charge in [0.25, 0.3) is 0 Å². The number of alkyl halides is 3. The lowest BCUT2D eigenvalue weighted by molar-refractivity contribution is -0.0501. The predicted molar refractivity (Wildman–Crippen MR) is 110 cm³/mol. The first-order valence-corrected chi connectivity index (χ1v) is 11.6. The van der Waals surface area contributed by atoms with Crippen molar-refractivity contribution in [3.05, 3.63) is 33.9 Å². The zero-order valence-corrected chi connectivity index (χ0v) is 19.0. The number of ether oxygens (including phenoxy) is 1. The van der Waals surface area contributed by atoms with Crippen LogP contribution in [0, 0.1) is 12.8 Å². The van der Waals surface area contributed by atoms with Crippen molar-refractivity contribution in [3.63, 3.8) is 0 Å². The van der Waals surface area contributed by atoms with Crippen LogP contribution in [0.5, 0.6) is 11.5 Å². The summed E-state index contributed by atoms with van der Waals surface area (Å²) in [6.07, 6.45) is 4.78. The van der Waals surface area contributed by atoms with Gasteiger partial charge in [0.15, 0.2) is 11.5 Å². The van der Waals surface area contributed by atoms with E-state index in [-0.39, 0.29) is 29.3 Å². The van der Waals surface area contributed by atoms with Crippen molar-refractivity contribution in [3.8, 4) is 11.5 Å². The first kappa shape index (κ1) is 23.0. The summed E-state index contributed by atoms with van der Waals surface area (Å²) in [5, 5.41) is 0. The van der Waals surface area contributed by atoms with Crippen LogP contribution in [-0.4, -0.2) is 21.0 Å².